The van der Waals surface area contributed by atoms with Gasteiger partial charge in [-0.1, -0.05) is 30.3 Å². The van der Waals surface area contributed by atoms with E-state index in [0.717, 1.165) is 28.9 Å². The average Bonchev–Trinajstić information content (AvgIpc) is 3.39. The van der Waals surface area contributed by atoms with E-state index in [1.807, 2.05) is 24.3 Å². The number of rotatable bonds is 4. The smallest absolute Gasteiger partial charge is 0.324 e. The number of amides is 4. The van der Waals surface area contributed by atoms with Crippen molar-refractivity contribution in [2.45, 2.75) is 24.8 Å². The van der Waals surface area contributed by atoms with Crippen LogP contribution in [0.5, 0.6) is 0 Å². The van der Waals surface area contributed by atoms with Crippen LogP contribution in [0.1, 0.15) is 24.0 Å². The first-order chi connectivity index (χ1) is 15.1. The van der Waals surface area contributed by atoms with Crippen LogP contribution in [0.3, 0.4) is 0 Å². The number of imide groups is 1. The molecule has 31 heavy (non-hydrogen) atoms. The summed E-state index contributed by atoms with van der Waals surface area (Å²) < 4.78 is 1.46. The summed E-state index contributed by atoms with van der Waals surface area (Å²) in [6, 6.07) is 14.0. The maximum atomic E-state index is 13.3. The van der Waals surface area contributed by atoms with Crippen LogP contribution in [0.15, 0.2) is 54.9 Å². The molecule has 1 aliphatic heterocycles. The number of nitrogens with one attached hydrogen (secondary N) is 2. The monoisotopic (exact) mass is 417 g/mol. The molecule has 5 rings (SSSR count). The number of anilines is 1. The Morgan fingerprint density at radius 2 is 2.03 bits per heavy atom. The minimum absolute atomic E-state index is 0.371. The summed E-state index contributed by atoms with van der Waals surface area (Å²) in [7, 11) is 0. The molecule has 3 aromatic rings. The Bertz CT molecular complexity index is 1180. The van der Waals surface area contributed by atoms with Gasteiger partial charge in [0.2, 0.25) is 5.91 Å². The zero-order chi connectivity index (χ0) is 21.4. The summed E-state index contributed by atoms with van der Waals surface area (Å²) in [5.74, 6) is -0.860. The van der Waals surface area contributed by atoms with Crippen LogP contribution in [-0.2, 0) is 21.5 Å². The largest absolute Gasteiger partial charge is 0.325 e. The zero-order valence-corrected chi connectivity index (χ0v) is 16.5. The second-order valence-corrected chi connectivity index (χ2v) is 7.59. The molecular weight excluding hydrogens is 398 g/mol. The van der Waals surface area contributed by atoms with Crippen LogP contribution in [-0.4, -0.2) is 49.5 Å². The van der Waals surface area contributed by atoms with Gasteiger partial charge in [0.25, 0.3) is 5.91 Å². The minimum Gasteiger partial charge on any atom is -0.324 e. The highest BCUT2D eigenvalue weighted by Gasteiger charge is 2.54. The van der Waals surface area contributed by atoms with Gasteiger partial charge in [-0.25, -0.2) is 9.48 Å². The highest BCUT2D eigenvalue weighted by Crippen LogP contribution is 2.39. The molecular formula is C21H19N7O3. The van der Waals surface area contributed by atoms with E-state index < -0.39 is 17.5 Å². The van der Waals surface area contributed by atoms with Gasteiger partial charge in [0.1, 0.15) is 18.4 Å². The van der Waals surface area contributed by atoms with Crippen molar-refractivity contribution in [3.63, 3.8) is 0 Å². The lowest BCUT2D eigenvalue weighted by Gasteiger charge is -2.33. The summed E-state index contributed by atoms with van der Waals surface area (Å²) in [6.45, 7) is -0.371. The fourth-order valence-corrected chi connectivity index (χ4v) is 4.30. The number of fused-ring (bicyclic) bond motifs is 2. The average molecular weight is 417 g/mol. The van der Waals surface area contributed by atoms with Gasteiger partial charge in [0, 0.05) is 5.69 Å². The maximum Gasteiger partial charge on any atom is 0.325 e. The molecule has 1 aromatic heterocycles. The summed E-state index contributed by atoms with van der Waals surface area (Å²) >= 11 is 0. The lowest BCUT2D eigenvalue weighted by Crippen LogP contribution is -2.47. The Morgan fingerprint density at radius 3 is 2.87 bits per heavy atom. The normalized spacial score (nSPS) is 19.9. The van der Waals surface area contributed by atoms with Crippen LogP contribution in [0.4, 0.5) is 10.5 Å². The molecule has 1 atom stereocenters. The first kappa shape index (κ1) is 18.9. The Kier molecular flexibility index (Phi) is 4.46. The Balaban J connectivity index is 1.33. The molecule has 2 aromatic carbocycles. The van der Waals surface area contributed by atoms with Crippen molar-refractivity contribution < 1.29 is 14.4 Å². The third-order valence-electron chi connectivity index (χ3n) is 5.70. The molecule has 2 aliphatic rings. The quantitative estimate of drug-likeness (QED) is 0.619. The molecule has 10 nitrogen and oxygen atoms in total. The summed E-state index contributed by atoms with van der Waals surface area (Å²) in [5, 5.41) is 16.6. The Morgan fingerprint density at radius 1 is 1.16 bits per heavy atom. The number of aryl methyl sites for hydroxylation is 1. The number of carbonyl (C=O) groups is 3. The van der Waals surface area contributed by atoms with Crippen LogP contribution < -0.4 is 10.6 Å². The summed E-state index contributed by atoms with van der Waals surface area (Å²) in [5.41, 5.74) is 1.94. The first-order valence-corrected chi connectivity index (χ1v) is 9.93. The number of benzene rings is 2. The van der Waals surface area contributed by atoms with E-state index in [1.54, 1.807) is 24.3 Å². The standard InChI is InChI=1S/C21H19N7O3/c29-18(23-15-7-3-8-16(11-15)28-13-22-25-26-28)12-27-19(30)21(24-20(27)31)10-4-6-14-5-1-2-9-17(14)21/h1-3,5,7-9,11,13H,4,6,10,12H2,(H,23,29)(H,24,31)/t21-/m0/s1. The van der Waals surface area contributed by atoms with Crippen molar-refractivity contribution >= 4 is 23.5 Å². The number of tetrazole rings is 1. The molecule has 1 saturated heterocycles. The van der Waals surface area contributed by atoms with Gasteiger partial charge in [-0.3, -0.25) is 14.5 Å². The zero-order valence-electron chi connectivity index (χ0n) is 16.5. The van der Waals surface area contributed by atoms with Gasteiger partial charge in [-0.15, -0.1) is 5.10 Å². The van der Waals surface area contributed by atoms with Crippen molar-refractivity contribution in [2.75, 3.05) is 11.9 Å². The van der Waals surface area contributed by atoms with Crippen molar-refractivity contribution in [3.05, 3.63) is 66.0 Å². The molecule has 10 heteroatoms. The van der Waals surface area contributed by atoms with Crippen molar-refractivity contribution in [1.82, 2.24) is 30.4 Å². The minimum atomic E-state index is -1.09. The van der Waals surface area contributed by atoms with Gasteiger partial charge in [0.15, 0.2) is 0 Å². The highest BCUT2D eigenvalue weighted by atomic mass is 16.2. The molecule has 0 saturated carbocycles. The highest BCUT2D eigenvalue weighted by molar-refractivity contribution is 6.10. The predicted molar refractivity (Wildman–Crippen MR) is 109 cm³/mol. The molecule has 1 fully saturated rings. The van der Waals surface area contributed by atoms with Gasteiger partial charge in [-0.2, -0.15) is 0 Å². The third-order valence-corrected chi connectivity index (χ3v) is 5.70. The van der Waals surface area contributed by atoms with Crippen molar-refractivity contribution in [2.24, 2.45) is 0 Å². The van der Waals surface area contributed by atoms with E-state index in [0.29, 0.717) is 17.8 Å². The fourth-order valence-electron chi connectivity index (χ4n) is 4.30. The van der Waals surface area contributed by atoms with Crippen LogP contribution in [0.2, 0.25) is 0 Å². The van der Waals surface area contributed by atoms with Crippen molar-refractivity contribution in [1.29, 1.82) is 0 Å². The summed E-state index contributed by atoms with van der Waals surface area (Å²) in [6.07, 6.45) is 3.60. The van der Waals surface area contributed by atoms with Crippen LogP contribution >= 0.6 is 0 Å². The third kappa shape index (κ3) is 3.21. The Hall–Kier alpha value is -4.08. The predicted octanol–water partition coefficient (Wildman–Crippen LogP) is 1.38. The first-order valence-electron chi connectivity index (χ1n) is 9.93. The number of hydrogen-bond acceptors (Lipinski definition) is 6. The molecule has 0 bridgehead atoms. The molecule has 1 aliphatic carbocycles. The number of aromatic nitrogens is 4. The number of urea groups is 1. The number of nitrogens with zero attached hydrogens (tertiary/aromatic N) is 5. The lowest BCUT2D eigenvalue weighted by molar-refractivity contribution is -0.134. The van der Waals surface area contributed by atoms with Gasteiger partial charge in [0.05, 0.1) is 5.69 Å². The van der Waals surface area contributed by atoms with Gasteiger partial charge < -0.3 is 10.6 Å². The topological polar surface area (TPSA) is 122 Å². The molecule has 156 valence electrons. The van der Waals surface area contributed by atoms with Gasteiger partial charge in [-0.05, 0) is 59.0 Å². The van der Waals surface area contributed by atoms with Crippen molar-refractivity contribution in [3.8, 4) is 5.69 Å². The number of hydrogen-bond donors (Lipinski definition) is 2. The van der Waals surface area contributed by atoms with Crippen LogP contribution in [0.25, 0.3) is 5.69 Å². The van der Waals surface area contributed by atoms with E-state index in [1.165, 1.54) is 11.0 Å². The lowest BCUT2D eigenvalue weighted by atomic mass is 9.76. The molecule has 0 radical (unpaired) electrons. The Labute approximate surface area is 177 Å². The van der Waals surface area contributed by atoms with E-state index in [2.05, 4.69) is 26.2 Å². The fraction of sp³-hybridized carbons (Fsp3) is 0.238. The van der Waals surface area contributed by atoms with E-state index in [4.69, 9.17) is 0 Å². The second-order valence-electron chi connectivity index (χ2n) is 7.59. The maximum absolute atomic E-state index is 13.3. The number of carbonyl (C=O) groups excluding carboxylic acids is 3. The SMILES string of the molecule is O=C(CN1C(=O)N[C@]2(CCCc3ccccc32)C1=O)Nc1cccc(-n2cnnn2)c1. The molecule has 2 N–H and O–H groups in total. The van der Waals surface area contributed by atoms with E-state index in [9.17, 15) is 14.4 Å². The molecule has 4 amide bonds. The molecule has 1 spiro atoms. The van der Waals surface area contributed by atoms with E-state index in [-0.39, 0.29) is 12.5 Å². The summed E-state index contributed by atoms with van der Waals surface area (Å²) in [4.78, 5) is 39.6. The van der Waals surface area contributed by atoms with Gasteiger partial charge >= 0.3 is 6.03 Å². The van der Waals surface area contributed by atoms with E-state index >= 15 is 0 Å². The van der Waals surface area contributed by atoms with Crippen LogP contribution in [0, 0.1) is 0 Å². The molecule has 2 heterocycles. The molecule has 0 unspecified atom stereocenters. The second kappa shape index (κ2) is 7.31.